The lowest BCUT2D eigenvalue weighted by molar-refractivity contribution is 0.567. The molecule has 1 aromatic rings. The summed E-state index contributed by atoms with van der Waals surface area (Å²) in [5.41, 5.74) is 3.84. The van der Waals surface area contributed by atoms with E-state index in [4.69, 9.17) is 0 Å². The molecule has 0 atom stereocenters. The van der Waals surface area contributed by atoms with Crippen LogP contribution in [0.3, 0.4) is 0 Å². The first-order valence-electron chi connectivity index (χ1n) is 4.98. The lowest BCUT2D eigenvalue weighted by atomic mass is 9.83. The first-order chi connectivity index (χ1) is 6.48. The molecule has 0 bridgehead atoms. The average Bonchev–Trinajstić information content (AvgIpc) is 2.45. The van der Waals surface area contributed by atoms with E-state index in [1.807, 2.05) is 6.07 Å². The minimum atomic E-state index is -0.132. The summed E-state index contributed by atoms with van der Waals surface area (Å²) >= 11 is 0. The van der Waals surface area contributed by atoms with Crippen molar-refractivity contribution in [2.45, 2.75) is 27.2 Å². The van der Waals surface area contributed by atoms with Crippen LogP contribution in [0.1, 0.15) is 31.9 Å². The van der Waals surface area contributed by atoms with Crippen LogP contribution in [-0.2, 0) is 6.42 Å². The minimum absolute atomic E-state index is 0.132. The summed E-state index contributed by atoms with van der Waals surface area (Å²) in [4.78, 5) is 0. The maximum absolute atomic E-state index is 13.0. The minimum Gasteiger partial charge on any atom is -0.207 e. The molecular weight excluding hydrogens is 175 g/mol. The maximum atomic E-state index is 13.0. The largest absolute Gasteiger partial charge is 0.207 e. The van der Waals surface area contributed by atoms with E-state index in [9.17, 15) is 4.39 Å². The first-order valence-corrected chi connectivity index (χ1v) is 4.98. The highest BCUT2D eigenvalue weighted by atomic mass is 19.1. The molecular formula is C13H15F. The van der Waals surface area contributed by atoms with E-state index < -0.39 is 0 Å². The zero-order valence-corrected chi connectivity index (χ0v) is 8.89. The topological polar surface area (TPSA) is 0 Å². The SMILES string of the molecule is CC(C)(C)C1=CCc2cc(F)ccc21. The van der Waals surface area contributed by atoms with Gasteiger partial charge in [-0.3, -0.25) is 0 Å². The molecule has 1 heteroatoms. The number of hydrogen-bond acceptors (Lipinski definition) is 0. The molecule has 1 aliphatic carbocycles. The van der Waals surface area contributed by atoms with Gasteiger partial charge in [-0.25, -0.2) is 4.39 Å². The normalized spacial score (nSPS) is 15.3. The molecule has 0 spiro atoms. The molecule has 1 aromatic carbocycles. The first kappa shape index (κ1) is 9.45. The van der Waals surface area contributed by atoms with E-state index in [1.54, 1.807) is 12.1 Å². The third-order valence-electron chi connectivity index (χ3n) is 2.69. The number of halogens is 1. The Morgan fingerprint density at radius 3 is 2.57 bits per heavy atom. The van der Waals surface area contributed by atoms with Gasteiger partial charge in [-0.1, -0.05) is 32.9 Å². The second kappa shape index (κ2) is 2.94. The van der Waals surface area contributed by atoms with Gasteiger partial charge < -0.3 is 0 Å². The third kappa shape index (κ3) is 1.47. The highest BCUT2D eigenvalue weighted by Crippen LogP contribution is 2.39. The Hall–Kier alpha value is -1.11. The number of rotatable bonds is 0. The van der Waals surface area contributed by atoms with Gasteiger partial charge in [0, 0.05) is 0 Å². The van der Waals surface area contributed by atoms with Crippen LogP contribution in [0.25, 0.3) is 5.57 Å². The predicted molar refractivity (Wildman–Crippen MR) is 57.5 cm³/mol. The van der Waals surface area contributed by atoms with Crippen molar-refractivity contribution >= 4 is 5.57 Å². The van der Waals surface area contributed by atoms with Crippen molar-refractivity contribution in [3.8, 4) is 0 Å². The lowest BCUT2D eigenvalue weighted by Crippen LogP contribution is -2.06. The second-order valence-corrected chi connectivity index (χ2v) is 4.87. The van der Waals surface area contributed by atoms with Crippen molar-refractivity contribution in [3.05, 3.63) is 41.2 Å². The van der Waals surface area contributed by atoms with Crippen molar-refractivity contribution in [2.75, 3.05) is 0 Å². The molecule has 0 saturated heterocycles. The zero-order chi connectivity index (χ0) is 10.3. The summed E-state index contributed by atoms with van der Waals surface area (Å²) in [6.45, 7) is 6.58. The summed E-state index contributed by atoms with van der Waals surface area (Å²) in [5, 5.41) is 0. The fourth-order valence-corrected chi connectivity index (χ4v) is 2.03. The molecule has 0 N–H and O–H groups in total. The van der Waals surface area contributed by atoms with Crippen LogP contribution < -0.4 is 0 Å². The number of allylic oxidation sites excluding steroid dienone is 2. The Labute approximate surface area is 84.5 Å². The Balaban J connectivity index is 2.48. The van der Waals surface area contributed by atoms with Crippen LogP contribution in [0.2, 0.25) is 0 Å². The molecule has 0 aromatic heterocycles. The van der Waals surface area contributed by atoms with Crippen LogP contribution in [0.4, 0.5) is 4.39 Å². The number of hydrogen-bond donors (Lipinski definition) is 0. The molecule has 0 unspecified atom stereocenters. The fourth-order valence-electron chi connectivity index (χ4n) is 2.03. The van der Waals surface area contributed by atoms with Gasteiger partial charge in [0.25, 0.3) is 0 Å². The highest BCUT2D eigenvalue weighted by Gasteiger charge is 2.24. The van der Waals surface area contributed by atoms with Crippen molar-refractivity contribution in [3.63, 3.8) is 0 Å². The van der Waals surface area contributed by atoms with E-state index in [0.717, 1.165) is 12.0 Å². The molecule has 74 valence electrons. The molecule has 0 saturated carbocycles. The summed E-state index contributed by atoms with van der Waals surface area (Å²) in [6, 6.07) is 5.09. The van der Waals surface area contributed by atoms with Crippen LogP contribution >= 0.6 is 0 Å². The molecule has 0 amide bonds. The van der Waals surface area contributed by atoms with Gasteiger partial charge in [0.05, 0.1) is 0 Å². The van der Waals surface area contributed by atoms with Gasteiger partial charge in [-0.15, -0.1) is 0 Å². The van der Waals surface area contributed by atoms with Gasteiger partial charge in [-0.05, 0) is 40.7 Å². The van der Waals surface area contributed by atoms with E-state index in [1.165, 1.54) is 11.1 Å². The monoisotopic (exact) mass is 190 g/mol. The molecule has 2 rings (SSSR count). The Bertz CT molecular complexity index is 394. The van der Waals surface area contributed by atoms with Crippen LogP contribution in [-0.4, -0.2) is 0 Å². The standard InChI is InChI=1S/C13H15F/c1-13(2,3)12-7-4-9-8-10(14)5-6-11(9)12/h5-8H,4H2,1-3H3. The summed E-state index contributed by atoms with van der Waals surface area (Å²) < 4.78 is 13.0. The van der Waals surface area contributed by atoms with Crippen molar-refractivity contribution in [1.82, 2.24) is 0 Å². The van der Waals surface area contributed by atoms with Gasteiger partial charge in [0.2, 0.25) is 0 Å². The third-order valence-corrected chi connectivity index (χ3v) is 2.69. The molecule has 0 heterocycles. The van der Waals surface area contributed by atoms with E-state index in [-0.39, 0.29) is 11.2 Å². The molecule has 0 radical (unpaired) electrons. The Kier molecular flexibility index (Phi) is 1.99. The van der Waals surface area contributed by atoms with E-state index in [0.29, 0.717) is 0 Å². The predicted octanol–water partition coefficient (Wildman–Crippen LogP) is 3.81. The summed E-state index contributed by atoms with van der Waals surface area (Å²) in [7, 11) is 0. The Morgan fingerprint density at radius 2 is 1.93 bits per heavy atom. The maximum Gasteiger partial charge on any atom is 0.123 e. The van der Waals surface area contributed by atoms with Gasteiger partial charge in [0.1, 0.15) is 5.82 Å². The van der Waals surface area contributed by atoms with E-state index in [2.05, 4.69) is 26.8 Å². The zero-order valence-electron chi connectivity index (χ0n) is 8.89. The molecule has 1 aliphatic rings. The highest BCUT2D eigenvalue weighted by molar-refractivity contribution is 5.76. The van der Waals surface area contributed by atoms with Gasteiger partial charge >= 0.3 is 0 Å². The van der Waals surface area contributed by atoms with Crippen molar-refractivity contribution < 1.29 is 4.39 Å². The van der Waals surface area contributed by atoms with E-state index >= 15 is 0 Å². The smallest absolute Gasteiger partial charge is 0.123 e. The number of fused-ring (bicyclic) bond motifs is 1. The van der Waals surface area contributed by atoms with Crippen LogP contribution in [0.5, 0.6) is 0 Å². The lowest BCUT2D eigenvalue weighted by Gasteiger charge is -2.21. The summed E-state index contributed by atoms with van der Waals surface area (Å²) in [6.07, 6.45) is 3.09. The Morgan fingerprint density at radius 1 is 1.21 bits per heavy atom. The van der Waals surface area contributed by atoms with Gasteiger partial charge in [-0.2, -0.15) is 0 Å². The van der Waals surface area contributed by atoms with Gasteiger partial charge in [0.15, 0.2) is 0 Å². The molecule has 0 nitrogen and oxygen atoms in total. The van der Waals surface area contributed by atoms with Crippen LogP contribution in [0.15, 0.2) is 24.3 Å². The number of benzene rings is 1. The average molecular weight is 190 g/mol. The van der Waals surface area contributed by atoms with Crippen molar-refractivity contribution in [2.24, 2.45) is 5.41 Å². The fraction of sp³-hybridized carbons (Fsp3) is 0.385. The molecule has 14 heavy (non-hydrogen) atoms. The van der Waals surface area contributed by atoms with Crippen molar-refractivity contribution in [1.29, 1.82) is 0 Å². The van der Waals surface area contributed by atoms with Crippen LogP contribution in [0, 0.1) is 11.2 Å². The molecule has 0 fully saturated rings. The molecule has 0 aliphatic heterocycles. The summed E-state index contributed by atoms with van der Waals surface area (Å²) in [5.74, 6) is -0.132. The quantitative estimate of drug-likeness (QED) is 0.583. The second-order valence-electron chi connectivity index (χ2n) is 4.87.